The molecular weight excluding hydrogens is 254 g/mol. The molecule has 2 N–H and O–H groups in total. The monoisotopic (exact) mass is 277 g/mol. The molecule has 1 aliphatic rings. The van der Waals surface area contributed by atoms with Crippen molar-refractivity contribution >= 4 is 5.78 Å². The summed E-state index contributed by atoms with van der Waals surface area (Å²) in [5.74, 6) is 1.68. The SMILES string of the molecule is COc1ccc(C(=O)C2(N)CCCC(C)C2)cc1OC. The molecule has 4 heteroatoms. The number of carbonyl (C=O) groups is 1. The summed E-state index contributed by atoms with van der Waals surface area (Å²) in [6, 6.07) is 5.23. The van der Waals surface area contributed by atoms with Gasteiger partial charge in [0.15, 0.2) is 17.3 Å². The lowest BCUT2D eigenvalue weighted by Gasteiger charge is -2.35. The minimum atomic E-state index is -0.739. The van der Waals surface area contributed by atoms with Gasteiger partial charge in [0.2, 0.25) is 0 Å². The highest BCUT2D eigenvalue weighted by molar-refractivity contribution is 6.03. The number of benzene rings is 1. The van der Waals surface area contributed by atoms with Crippen LogP contribution in [0.25, 0.3) is 0 Å². The molecule has 0 aromatic heterocycles. The van der Waals surface area contributed by atoms with Crippen LogP contribution in [0.1, 0.15) is 43.0 Å². The number of ketones is 1. The van der Waals surface area contributed by atoms with Crippen molar-refractivity contribution in [2.24, 2.45) is 11.7 Å². The van der Waals surface area contributed by atoms with E-state index in [1.165, 1.54) is 0 Å². The van der Waals surface area contributed by atoms with Crippen LogP contribution >= 0.6 is 0 Å². The van der Waals surface area contributed by atoms with E-state index in [0.717, 1.165) is 25.7 Å². The molecule has 20 heavy (non-hydrogen) atoms. The van der Waals surface area contributed by atoms with Crippen LogP contribution in [0.4, 0.5) is 0 Å². The van der Waals surface area contributed by atoms with Gasteiger partial charge in [-0.25, -0.2) is 0 Å². The van der Waals surface area contributed by atoms with E-state index in [-0.39, 0.29) is 5.78 Å². The second-order valence-electron chi connectivity index (χ2n) is 5.76. The number of rotatable bonds is 4. The van der Waals surface area contributed by atoms with E-state index in [4.69, 9.17) is 15.2 Å². The number of nitrogens with two attached hydrogens (primary N) is 1. The van der Waals surface area contributed by atoms with Crippen molar-refractivity contribution in [1.82, 2.24) is 0 Å². The maximum atomic E-state index is 12.7. The fourth-order valence-corrected chi connectivity index (χ4v) is 3.06. The summed E-state index contributed by atoms with van der Waals surface area (Å²) in [6.07, 6.45) is 3.67. The Kier molecular flexibility index (Phi) is 4.33. The van der Waals surface area contributed by atoms with Gasteiger partial charge in [-0.05, 0) is 37.0 Å². The lowest BCUT2D eigenvalue weighted by Crippen LogP contribution is -2.51. The van der Waals surface area contributed by atoms with Crippen LogP contribution in [0.5, 0.6) is 11.5 Å². The van der Waals surface area contributed by atoms with Gasteiger partial charge in [-0.15, -0.1) is 0 Å². The van der Waals surface area contributed by atoms with Gasteiger partial charge in [-0.2, -0.15) is 0 Å². The molecule has 0 spiro atoms. The number of carbonyl (C=O) groups excluding carboxylic acids is 1. The van der Waals surface area contributed by atoms with Gasteiger partial charge in [0.05, 0.1) is 19.8 Å². The molecule has 1 saturated carbocycles. The Morgan fingerprint density at radius 3 is 2.60 bits per heavy atom. The highest BCUT2D eigenvalue weighted by atomic mass is 16.5. The van der Waals surface area contributed by atoms with Gasteiger partial charge in [0, 0.05) is 5.56 Å². The second kappa shape index (κ2) is 5.83. The van der Waals surface area contributed by atoms with Crippen LogP contribution in [0.15, 0.2) is 18.2 Å². The van der Waals surface area contributed by atoms with E-state index < -0.39 is 5.54 Å². The third-order valence-electron chi connectivity index (χ3n) is 4.13. The molecular formula is C16H23NO3. The smallest absolute Gasteiger partial charge is 0.182 e. The number of ether oxygens (including phenoxy) is 2. The summed E-state index contributed by atoms with van der Waals surface area (Å²) in [5, 5.41) is 0. The van der Waals surface area contributed by atoms with E-state index in [2.05, 4.69) is 6.92 Å². The van der Waals surface area contributed by atoms with Crippen LogP contribution in [0.3, 0.4) is 0 Å². The van der Waals surface area contributed by atoms with Crippen LogP contribution in [-0.4, -0.2) is 25.5 Å². The molecule has 4 nitrogen and oxygen atoms in total. The second-order valence-corrected chi connectivity index (χ2v) is 5.76. The first-order valence-corrected chi connectivity index (χ1v) is 7.06. The summed E-state index contributed by atoms with van der Waals surface area (Å²) in [6.45, 7) is 2.16. The van der Waals surface area contributed by atoms with E-state index >= 15 is 0 Å². The zero-order valence-electron chi connectivity index (χ0n) is 12.4. The number of Topliss-reactive ketones (excluding diaryl/α,β-unsaturated/α-hetero) is 1. The van der Waals surface area contributed by atoms with Crippen LogP contribution in [-0.2, 0) is 0 Å². The molecule has 0 amide bonds. The van der Waals surface area contributed by atoms with Crippen molar-refractivity contribution in [2.75, 3.05) is 14.2 Å². The van der Waals surface area contributed by atoms with Crippen molar-refractivity contribution in [3.63, 3.8) is 0 Å². The molecule has 1 fully saturated rings. The molecule has 0 saturated heterocycles. The normalized spacial score (nSPS) is 26.1. The van der Waals surface area contributed by atoms with Gasteiger partial charge in [-0.3, -0.25) is 4.79 Å². The van der Waals surface area contributed by atoms with E-state index in [1.807, 2.05) is 0 Å². The predicted octanol–water partition coefficient (Wildman–Crippen LogP) is 2.79. The van der Waals surface area contributed by atoms with Gasteiger partial charge in [-0.1, -0.05) is 19.8 Å². The van der Waals surface area contributed by atoms with Crippen molar-refractivity contribution < 1.29 is 14.3 Å². The number of methoxy groups -OCH3 is 2. The van der Waals surface area contributed by atoms with Gasteiger partial charge >= 0.3 is 0 Å². The van der Waals surface area contributed by atoms with Crippen molar-refractivity contribution in [3.8, 4) is 11.5 Å². The third kappa shape index (κ3) is 2.80. The summed E-state index contributed by atoms with van der Waals surface area (Å²) in [7, 11) is 3.14. The number of hydrogen-bond donors (Lipinski definition) is 1. The lowest BCUT2D eigenvalue weighted by molar-refractivity contribution is 0.0819. The fraction of sp³-hybridized carbons (Fsp3) is 0.562. The molecule has 2 unspecified atom stereocenters. The summed E-state index contributed by atoms with van der Waals surface area (Å²) >= 11 is 0. The van der Waals surface area contributed by atoms with Gasteiger partial charge < -0.3 is 15.2 Å². The van der Waals surface area contributed by atoms with E-state index in [0.29, 0.717) is 23.0 Å². The highest BCUT2D eigenvalue weighted by Crippen LogP contribution is 2.35. The minimum Gasteiger partial charge on any atom is -0.493 e. The molecule has 2 atom stereocenters. The topological polar surface area (TPSA) is 61.5 Å². The maximum Gasteiger partial charge on any atom is 0.182 e. The Labute approximate surface area is 120 Å². The zero-order chi connectivity index (χ0) is 14.8. The molecule has 1 aromatic carbocycles. The standard InChI is InChI=1S/C16H23NO3/c1-11-5-4-8-16(17,10-11)15(18)12-6-7-13(19-2)14(9-12)20-3/h6-7,9,11H,4-5,8,10,17H2,1-3H3. The average molecular weight is 277 g/mol. The molecule has 0 bridgehead atoms. The molecule has 0 aliphatic heterocycles. The van der Waals surface area contributed by atoms with Gasteiger partial charge in [0.1, 0.15) is 0 Å². The number of hydrogen-bond acceptors (Lipinski definition) is 4. The van der Waals surface area contributed by atoms with E-state index in [1.54, 1.807) is 32.4 Å². The molecule has 1 aliphatic carbocycles. The summed E-state index contributed by atoms with van der Waals surface area (Å²) in [5.41, 5.74) is 6.22. The Morgan fingerprint density at radius 1 is 1.30 bits per heavy atom. The van der Waals surface area contributed by atoms with Crippen LogP contribution in [0.2, 0.25) is 0 Å². The van der Waals surface area contributed by atoms with Crippen molar-refractivity contribution in [3.05, 3.63) is 23.8 Å². The zero-order valence-corrected chi connectivity index (χ0v) is 12.4. The highest BCUT2D eigenvalue weighted by Gasteiger charge is 2.38. The Hall–Kier alpha value is -1.55. The lowest BCUT2D eigenvalue weighted by atomic mass is 9.73. The molecule has 110 valence electrons. The summed E-state index contributed by atoms with van der Waals surface area (Å²) < 4.78 is 10.4. The fourth-order valence-electron chi connectivity index (χ4n) is 3.06. The predicted molar refractivity (Wildman–Crippen MR) is 78.4 cm³/mol. The van der Waals surface area contributed by atoms with Crippen molar-refractivity contribution in [2.45, 2.75) is 38.1 Å². The maximum absolute atomic E-state index is 12.7. The third-order valence-corrected chi connectivity index (χ3v) is 4.13. The largest absolute Gasteiger partial charge is 0.493 e. The minimum absolute atomic E-state index is 0.00463. The van der Waals surface area contributed by atoms with E-state index in [9.17, 15) is 4.79 Å². The van der Waals surface area contributed by atoms with Gasteiger partial charge in [0.25, 0.3) is 0 Å². The molecule has 0 radical (unpaired) electrons. The van der Waals surface area contributed by atoms with Crippen molar-refractivity contribution in [1.29, 1.82) is 0 Å². The first-order chi connectivity index (χ1) is 9.50. The Morgan fingerprint density at radius 2 is 2.00 bits per heavy atom. The summed E-state index contributed by atoms with van der Waals surface area (Å²) in [4.78, 5) is 12.7. The quantitative estimate of drug-likeness (QED) is 0.860. The first-order valence-electron chi connectivity index (χ1n) is 7.06. The molecule has 2 rings (SSSR count). The van der Waals surface area contributed by atoms with Crippen LogP contribution < -0.4 is 15.2 Å². The molecule has 1 aromatic rings. The molecule has 0 heterocycles. The van der Waals surface area contributed by atoms with Crippen LogP contribution in [0, 0.1) is 5.92 Å². The average Bonchev–Trinajstić information content (AvgIpc) is 2.45. The Bertz CT molecular complexity index is 500. The first kappa shape index (κ1) is 14.9. The Balaban J connectivity index is 2.28.